The van der Waals surface area contributed by atoms with E-state index in [0.717, 1.165) is 30.4 Å². The van der Waals surface area contributed by atoms with Crippen molar-refractivity contribution in [3.63, 3.8) is 0 Å². The van der Waals surface area contributed by atoms with Crippen molar-refractivity contribution in [3.8, 4) is 11.3 Å². The van der Waals surface area contributed by atoms with E-state index in [1.165, 1.54) is 18.4 Å². The van der Waals surface area contributed by atoms with E-state index >= 15 is 0 Å². The maximum Gasteiger partial charge on any atom is 0.0697 e. The third-order valence-corrected chi connectivity index (χ3v) is 3.28. The highest BCUT2D eigenvalue weighted by Gasteiger charge is 2.20. The van der Waals surface area contributed by atoms with E-state index in [0.29, 0.717) is 0 Å². The lowest BCUT2D eigenvalue weighted by Gasteiger charge is -2.07. The number of rotatable bonds is 5. The van der Waals surface area contributed by atoms with Crippen molar-refractivity contribution < 1.29 is 0 Å². The number of nitrogens with one attached hydrogen (secondary N) is 1. The highest BCUT2D eigenvalue weighted by atomic mass is 15.3. The van der Waals surface area contributed by atoms with Crippen molar-refractivity contribution in [1.82, 2.24) is 20.1 Å². The van der Waals surface area contributed by atoms with Gasteiger partial charge in [0, 0.05) is 43.3 Å². The van der Waals surface area contributed by atoms with Crippen LogP contribution in [-0.4, -0.2) is 20.8 Å². The summed E-state index contributed by atoms with van der Waals surface area (Å²) in [6, 6.07) is 4.97. The molecule has 4 nitrogen and oxygen atoms in total. The van der Waals surface area contributed by atoms with Crippen LogP contribution in [0, 0.1) is 0 Å². The zero-order valence-corrected chi connectivity index (χ0v) is 10.6. The SMILES string of the molecule is CCn1nccc1-c1cncc(CNC2CC2)c1. The molecule has 1 saturated carbocycles. The van der Waals surface area contributed by atoms with Gasteiger partial charge in [-0.1, -0.05) is 0 Å². The molecule has 0 spiro atoms. The Balaban J connectivity index is 1.80. The molecule has 1 N–H and O–H groups in total. The lowest BCUT2D eigenvalue weighted by molar-refractivity contribution is 0.666. The molecule has 2 aromatic rings. The third kappa shape index (κ3) is 2.43. The molecular formula is C14H18N4. The second-order valence-electron chi connectivity index (χ2n) is 4.77. The highest BCUT2D eigenvalue weighted by Crippen LogP contribution is 2.21. The molecule has 0 atom stereocenters. The molecule has 0 aromatic carbocycles. The van der Waals surface area contributed by atoms with E-state index in [4.69, 9.17) is 0 Å². The minimum absolute atomic E-state index is 0.731. The maximum absolute atomic E-state index is 4.33. The van der Waals surface area contributed by atoms with Crippen molar-refractivity contribution in [2.45, 2.75) is 38.9 Å². The van der Waals surface area contributed by atoms with Gasteiger partial charge in [0.05, 0.1) is 5.69 Å². The molecule has 0 radical (unpaired) electrons. The molecule has 2 heterocycles. The average Bonchev–Trinajstić information content (AvgIpc) is 3.12. The van der Waals surface area contributed by atoms with Crippen LogP contribution in [0.25, 0.3) is 11.3 Å². The Hall–Kier alpha value is -1.68. The quantitative estimate of drug-likeness (QED) is 0.874. The second kappa shape index (κ2) is 4.90. The molecular weight excluding hydrogens is 224 g/mol. The number of hydrogen-bond donors (Lipinski definition) is 1. The van der Waals surface area contributed by atoms with Crippen molar-refractivity contribution in [1.29, 1.82) is 0 Å². The van der Waals surface area contributed by atoms with Gasteiger partial charge in [0.15, 0.2) is 0 Å². The minimum Gasteiger partial charge on any atom is -0.310 e. The Labute approximate surface area is 107 Å². The van der Waals surface area contributed by atoms with E-state index in [9.17, 15) is 0 Å². The highest BCUT2D eigenvalue weighted by molar-refractivity contribution is 5.58. The van der Waals surface area contributed by atoms with Crippen LogP contribution in [0.4, 0.5) is 0 Å². The fourth-order valence-electron chi connectivity index (χ4n) is 2.10. The van der Waals surface area contributed by atoms with Gasteiger partial charge >= 0.3 is 0 Å². The summed E-state index contributed by atoms with van der Waals surface area (Å²) in [5.41, 5.74) is 3.52. The molecule has 3 rings (SSSR count). The van der Waals surface area contributed by atoms with Gasteiger partial charge in [-0.3, -0.25) is 9.67 Å². The van der Waals surface area contributed by atoms with Crippen molar-refractivity contribution in [3.05, 3.63) is 36.3 Å². The molecule has 0 saturated heterocycles. The molecule has 0 amide bonds. The number of aryl methyl sites for hydroxylation is 1. The number of nitrogens with zero attached hydrogens (tertiary/aromatic N) is 3. The summed E-state index contributed by atoms with van der Waals surface area (Å²) in [5, 5.41) is 7.81. The summed E-state index contributed by atoms with van der Waals surface area (Å²) in [5.74, 6) is 0. The third-order valence-electron chi connectivity index (χ3n) is 3.28. The van der Waals surface area contributed by atoms with Crippen LogP contribution in [-0.2, 0) is 13.1 Å². The van der Waals surface area contributed by atoms with Crippen LogP contribution in [0.3, 0.4) is 0 Å². The summed E-state index contributed by atoms with van der Waals surface area (Å²) in [7, 11) is 0. The first-order valence-corrected chi connectivity index (χ1v) is 6.56. The number of aromatic nitrogens is 3. The first-order chi connectivity index (χ1) is 8.86. The van der Waals surface area contributed by atoms with Crippen molar-refractivity contribution in [2.75, 3.05) is 0 Å². The first kappa shape index (κ1) is 11.4. The molecule has 0 bridgehead atoms. The maximum atomic E-state index is 4.33. The summed E-state index contributed by atoms with van der Waals surface area (Å²) >= 11 is 0. The topological polar surface area (TPSA) is 42.7 Å². The molecule has 94 valence electrons. The molecule has 1 fully saturated rings. The fraction of sp³-hybridized carbons (Fsp3) is 0.429. The number of hydrogen-bond acceptors (Lipinski definition) is 3. The Kier molecular flexibility index (Phi) is 3.11. The zero-order chi connectivity index (χ0) is 12.4. The molecule has 0 unspecified atom stereocenters. The fourth-order valence-corrected chi connectivity index (χ4v) is 2.10. The van der Waals surface area contributed by atoms with Gasteiger partial charge in [0.25, 0.3) is 0 Å². The van der Waals surface area contributed by atoms with Gasteiger partial charge in [-0.15, -0.1) is 0 Å². The predicted molar refractivity (Wildman–Crippen MR) is 71.0 cm³/mol. The molecule has 1 aliphatic rings. The molecule has 1 aliphatic carbocycles. The van der Waals surface area contributed by atoms with E-state index in [-0.39, 0.29) is 0 Å². The summed E-state index contributed by atoms with van der Waals surface area (Å²) < 4.78 is 2.00. The molecule has 0 aliphatic heterocycles. The van der Waals surface area contributed by atoms with E-state index in [1.807, 2.05) is 29.3 Å². The summed E-state index contributed by atoms with van der Waals surface area (Å²) in [6.45, 7) is 3.89. The van der Waals surface area contributed by atoms with E-state index in [1.54, 1.807) is 0 Å². The lowest BCUT2D eigenvalue weighted by atomic mass is 10.1. The van der Waals surface area contributed by atoms with Gasteiger partial charge in [-0.2, -0.15) is 5.10 Å². The predicted octanol–water partition coefficient (Wildman–Crippen LogP) is 2.22. The summed E-state index contributed by atoms with van der Waals surface area (Å²) in [4.78, 5) is 4.33. The Morgan fingerprint density at radius 3 is 3.06 bits per heavy atom. The van der Waals surface area contributed by atoms with Crippen LogP contribution < -0.4 is 5.32 Å². The van der Waals surface area contributed by atoms with E-state index in [2.05, 4.69) is 28.4 Å². The Bertz CT molecular complexity index is 528. The van der Waals surface area contributed by atoms with Gasteiger partial charge in [-0.25, -0.2) is 0 Å². The average molecular weight is 242 g/mol. The Morgan fingerprint density at radius 2 is 2.28 bits per heavy atom. The molecule has 18 heavy (non-hydrogen) atoms. The van der Waals surface area contributed by atoms with Crippen LogP contribution in [0.1, 0.15) is 25.3 Å². The van der Waals surface area contributed by atoms with Crippen LogP contribution in [0.15, 0.2) is 30.7 Å². The van der Waals surface area contributed by atoms with Crippen molar-refractivity contribution in [2.24, 2.45) is 0 Å². The monoisotopic (exact) mass is 242 g/mol. The first-order valence-electron chi connectivity index (χ1n) is 6.56. The minimum atomic E-state index is 0.731. The Morgan fingerprint density at radius 1 is 1.39 bits per heavy atom. The van der Waals surface area contributed by atoms with Crippen LogP contribution in [0.2, 0.25) is 0 Å². The van der Waals surface area contributed by atoms with Crippen LogP contribution in [0.5, 0.6) is 0 Å². The summed E-state index contributed by atoms with van der Waals surface area (Å²) in [6.07, 6.45) is 8.31. The largest absolute Gasteiger partial charge is 0.310 e. The molecule has 2 aromatic heterocycles. The second-order valence-corrected chi connectivity index (χ2v) is 4.77. The van der Waals surface area contributed by atoms with Crippen molar-refractivity contribution >= 4 is 0 Å². The van der Waals surface area contributed by atoms with Gasteiger partial charge in [0.2, 0.25) is 0 Å². The standard InChI is InChI=1S/C14H18N4/c1-2-18-14(5-6-17-18)12-7-11(8-15-10-12)9-16-13-3-4-13/h5-8,10,13,16H,2-4,9H2,1H3. The van der Waals surface area contributed by atoms with E-state index < -0.39 is 0 Å². The number of pyridine rings is 1. The smallest absolute Gasteiger partial charge is 0.0697 e. The van der Waals surface area contributed by atoms with Gasteiger partial charge < -0.3 is 5.32 Å². The van der Waals surface area contributed by atoms with Gasteiger partial charge in [-0.05, 0) is 37.5 Å². The normalized spacial score (nSPS) is 14.9. The molecule has 4 heteroatoms. The lowest BCUT2D eigenvalue weighted by Crippen LogP contribution is -2.15. The zero-order valence-electron chi connectivity index (χ0n) is 10.6. The van der Waals surface area contributed by atoms with Crippen LogP contribution >= 0.6 is 0 Å². The van der Waals surface area contributed by atoms with Gasteiger partial charge in [0.1, 0.15) is 0 Å².